The van der Waals surface area contributed by atoms with E-state index in [0.717, 1.165) is 21.9 Å². The number of nitrogens with zero attached hydrogens (tertiary/aromatic N) is 1. The third kappa shape index (κ3) is 7.30. The van der Waals surface area contributed by atoms with E-state index in [9.17, 15) is 13.2 Å². The molecule has 2 aromatic rings. The van der Waals surface area contributed by atoms with Gasteiger partial charge < -0.3 is 14.8 Å². The van der Waals surface area contributed by atoms with E-state index in [4.69, 9.17) is 9.47 Å². The summed E-state index contributed by atoms with van der Waals surface area (Å²) in [6, 6.07) is 14.2. The molecular formula is C21H28N2O5S. The van der Waals surface area contributed by atoms with Gasteiger partial charge >= 0.3 is 0 Å². The van der Waals surface area contributed by atoms with Gasteiger partial charge in [-0.2, -0.15) is 0 Å². The van der Waals surface area contributed by atoms with Crippen molar-refractivity contribution in [1.82, 2.24) is 5.32 Å². The van der Waals surface area contributed by atoms with Crippen LogP contribution in [0.4, 0.5) is 5.69 Å². The molecule has 0 saturated carbocycles. The summed E-state index contributed by atoms with van der Waals surface area (Å²) in [5, 5.41) is 2.77. The molecule has 1 N–H and O–H groups in total. The smallest absolute Gasteiger partial charge is 0.240 e. The Labute approximate surface area is 172 Å². The molecule has 0 unspecified atom stereocenters. The first-order valence-electron chi connectivity index (χ1n) is 9.33. The van der Waals surface area contributed by atoms with Crippen LogP contribution in [0.1, 0.15) is 19.4 Å². The van der Waals surface area contributed by atoms with Crippen molar-refractivity contribution in [3.8, 4) is 11.5 Å². The van der Waals surface area contributed by atoms with E-state index in [0.29, 0.717) is 24.4 Å². The Morgan fingerprint density at radius 1 is 1.03 bits per heavy atom. The van der Waals surface area contributed by atoms with Crippen molar-refractivity contribution in [2.45, 2.75) is 26.4 Å². The standard InChI is InChI=1S/C21H28N2O5S/c1-16(2)28-20-11-7-18(8-12-20)23(29(4,25)26)15-21(24)22-14-13-17-5-9-19(27-3)10-6-17/h5-12,16H,13-15H2,1-4H3,(H,22,24). The van der Waals surface area contributed by atoms with Crippen molar-refractivity contribution < 1.29 is 22.7 Å². The summed E-state index contributed by atoms with van der Waals surface area (Å²) in [5.41, 5.74) is 1.46. The number of methoxy groups -OCH3 is 1. The van der Waals surface area contributed by atoms with Crippen LogP contribution in [0.25, 0.3) is 0 Å². The van der Waals surface area contributed by atoms with Crippen LogP contribution in [0.15, 0.2) is 48.5 Å². The second-order valence-electron chi connectivity index (χ2n) is 6.88. The van der Waals surface area contributed by atoms with Gasteiger partial charge in [-0.3, -0.25) is 9.10 Å². The monoisotopic (exact) mass is 420 g/mol. The van der Waals surface area contributed by atoms with Crippen LogP contribution in [0.5, 0.6) is 11.5 Å². The number of amides is 1. The minimum absolute atomic E-state index is 0.0170. The average Bonchev–Trinajstić information content (AvgIpc) is 2.66. The number of carbonyl (C=O) groups is 1. The number of hydrogen-bond acceptors (Lipinski definition) is 5. The number of anilines is 1. The van der Waals surface area contributed by atoms with Crippen molar-refractivity contribution in [3.63, 3.8) is 0 Å². The molecule has 0 spiro atoms. The number of nitrogens with one attached hydrogen (secondary N) is 1. The lowest BCUT2D eigenvalue weighted by Crippen LogP contribution is -2.40. The summed E-state index contributed by atoms with van der Waals surface area (Å²) in [6.07, 6.45) is 1.73. The maximum Gasteiger partial charge on any atom is 0.240 e. The molecule has 0 aliphatic carbocycles. The molecule has 2 aromatic carbocycles. The number of carbonyl (C=O) groups excluding carboxylic acids is 1. The Balaban J connectivity index is 1.96. The predicted molar refractivity (Wildman–Crippen MR) is 114 cm³/mol. The van der Waals surface area contributed by atoms with Crippen molar-refractivity contribution >= 4 is 21.6 Å². The topological polar surface area (TPSA) is 84.9 Å². The molecule has 0 atom stereocenters. The zero-order valence-electron chi connectivity index (χ0n) is 17.2. The van der Waals surface area contributed by atoms with E-state index in [-0.39, 0.29) is 18.6 Å². The third-order valence-corrected chi connectivity index (χ3v) is 5.22. The molecule has 0 saturated heterocycles. The first kappa shape index (κ1) is 22.5. The largest absolute Gasteiger partial charge is 0.497 e. The maximum atomic E-state index is 12.3. The Hall–Kier alpha value is -2.74. The van der Waals surface area contributed by atoms with Crippen LogP contribution in [-0.2, 0) is 21.2 Å². The fourth-order valence-electron chi connectivity index (χ4n) is 2.69. The van der Waals surface area contributed by atoms with Gasteiger partial charge in [-0.25, -0.2) is 8.42 Å². The lowest BCUT2D eigenvalue weighted by Gasteiger charge is -2.22. The normalized spacial score (nSPS) is 11.2. The second-order valence-corrected chi connectivity index (χ2v) is 8.78. The van der Waals surface area contributed by atoms with Gasteiger partial charge in [0, 0.05) is 6.54 Å². The highest BCUT2D eigenvalue weighted by Crippen LogP contribution is 2.22. The highest BCUT2D eigenvalue weighted by atomic mass is 32.2. The van der Waals surface area contributed by atoms with Gasteiger partial charge in [-0.15, -0.1) is 0 Å². The summed E-state index contributed by atoms with van der Waals surface area (Å²) in [6.45, 7) is 3.94. The zero-order chi connectivity index (χ0) is 21.4. The van der Waals surface area contributed by atoms with Crippen molar-refractivity contribution in [1.29, 1.82) is 0 Å². The van der Waals surface area contributed by atoms with Gasteiger partial charge in [-0.1, -0.05) is 12.1 Å². The summed E-state index contributed by atoms with van der Waals surface area (Å²) in [7, 11) is -2.01. The van der Waals surface area contributed by atoms with E-state index in [1.807, 2.05) is 38.1 Å². The summed E-state index contributed by atoms with van der Waals surface area (Å²) >= 11 is 0. The average molecular weight is 421 g/mol. The Morgan fingerprint density at radius 3 is 2.14 bits per heavy atom. The second kappa shape index (κ2) is 10.2. The van der Waals surface area contributed by atoms with Gasteiger partial charge in [0.1, 0.15) is 18.0 Å². The van der Waals surface area contributed by atoms with Crippen LogP contribution in [0.3, 0.4) is 0 Å². The highest BCUT2D eigenvalue weighted by Gasteiger charge is 2.20. The molecule has 0 heterocycles. The van der Waals surface area contributed by atoms with Crippen molar-refractivity contribution in [2.24, 2.45) is 0 Å². The zero-order valence-corrected chi connectivity index (χ0v) is 18.0. The highest BCUT2D eigenvalue weighted by molar-refractivity contribution is 7.92. The first-order valence-corrected chi connectivity index (χ1v) is 11.2. The molecule has 0 aliphatic heterocycles. The van der Waals surface area contributed by atoms with Crippen LogP contribution < -0.4 is 19.1 Å². The maximum absolute atomic E-state index is 12.3. The molecule has 0 bridgehead atoms. The lowest BCUT2D eigenvalue weighted by molar-refractivity contribution is -0.119. The van der Waals surface area contributed by atoms with Crippen molar-refractivity contribution in [3.05, 3.63) is 54.1 Å². The SMILES string of the molecule is COc1ccc(CCNC(=O)CN(c2ccc(OC(C)C)cc2)S(C)(=O)=O)cc1. The minimum atomic E-state index is -3.62. The molecule has 0 aromatic heterocycles. The summed E-state index contributed by atoms with van der Waals surface area (Å²) in [4.78, 5) is 12.3. The van der Waals surface area contributed by atoms with Crippen LogP contribution in [0.2, 0.25) is 0 Å². The number of sulfonamides is 1. The molecule has 7 nitrogen and oxygen atoms in total. The predicted octanol–water partition coefficient (Wildman–Crippen LogP) is 2.61. The fourth-order valence-corrected chi connectivity index (χ4v) is 3.54. The van der Waals surface area contributed by atoms with Crippen LogP contribution in [0, 0.1) is 0 Å². The summed E-state index contributed by atoms with van der Waals surface area (Å²) in [5.74, 6) is 1.04. The number of hydrogen-bond donors (Lipinski definition) is 1. The Kier molecular flexibility index (Phi) is 7.90. The molecule has 8 heteroatoms. The molecular weight excluding hydrogens is 392 g/mol. The molecule has 0 radical (unpaired) electrons. The molecule has 2 rings (SSSR count). The molecule has 1 amide bonds. The van der Waals surface area contributed by atoms with E-state index in [1.165, 1.54) is 0 Å². The van der Waals surface area contributed by atoms with Gasteiger partial charge in [0.25, 0.3) is 0 Å². The van der Waals surface area contributed by atoms with E-state index in [2.05, 4.69) is 5.32 Å². The van der Waals surface area contributed by atoms with E-state index < -0.39 is 10.0 Å². The number of benzene rings is 2. The quantitative estimate of drug-likeness (QED) is 0.639. The fraction of sp³-hybridized carbons (Fsp3) is 0.381. The summed E-state index contributed by atoms with van der Waals surface area (Å²) < 4.78 is 36.1. The number of ether oxygens (including phenoxy) is 2. The first-order chi connectivity index (χ1) is 13.7. The molecule has 29 heavy (non-hydrogen) atoms. The van der Waals surface area contributed by atoms with Gasteiger partial charge in [0.15, 0.2) is 0 Å². The Bertz CT molecular complexity index is 894. The molecule has 0 aliphatic rings. The lowest BCUT2D eigenvalue weighted by atomic mass is 10.1. The van der Waals surface area contributed by atoms with Gasteiger partial charge in [-0.05, 0) is 62.2 Å². The molecule has 0 fully saturated rings. The van der Waals surface area contributed by atoms with E-state index in [1.54, 1.807) is 31.4 Å². The number of rotatable bonds is 10. The Morgan fingerprint density at radius 2 is 1.62 bits per heavy atom. The van der Waals surface area contributed by atoms with Crippen LogP contribution >= 0.6 is 0 Å². The molecule has 158 valence electrons. The third-order valence-electron chi connectivity index (χ3n) is 4.08. The van der Waals surface area contributed by atoms with Crippen molar-refractivity contribution in [2.75, 3.05) is 30.8 Å². The van der Waals surface area contributed by atoms with E-state index >= 15 is 0 Å². The van der Waals surface area contributed by atoms with Crippen LogP contribution in [-0.4, -0.2) is 46.9 Å². The van der Waals surface area contributed by atoms with Gasteiger partial charge in [0.05, 0.1) is 25.2 Å². The van der Waals surface area contributed by atoms with Gasteiger partial charge in [0.2, 0.25) is 15.9 Å². The minimum Gasteiger partial charge on any atom is -0.497 e.